The number of hydrogen-bond acceptors (Lipinski definition) is 4. The van der Waals surface area contributed by atoms with Crippen LogP contribution < -0.4 is 5.32 Å². The van der Waals surface area contributed by atoms with Gasteiger partial charge in [0.15, 0.2) is 0 Å². The lowest BCUT2D eigenvalue weighted by molar-refractivity contribution is 0.429. The maximum absolute atomic E-state index is 4.27. The number of rotatable bonds is 8. The van der Waals surface area contributed by atoms with Gasteiger partial charge in [0.1, 0.15) is 10.0 Å². The van der Waals surface area contributed by atoms with Crippen molar-refractivity contribution in [2.45, 2.75) is 71.8 Å². The Balaban J connectivity index is 2.21. The first kappa shape index (κ1) is 15.6. The summed E-state index contributed by atoms with van der Waals surface area (Å²) in [5, 5.41) is 14.4. The molecule has 0 aliphatic heterocycles. The summed E-state index contributed by atoms with van der Waals surface area (Å²) in [5.74, 6) is 0. The molecule has 0 spiro atoms. The highest BCUT2D eigenvalue weighted by Crippen LogP contribution is 2.14. The average molecular weight is 269 g/mol. The summed E-state index contributed by atoms with van der Waals surface area (Å²) in [6.45, 7) is 9.78. The van der Waals surface area contributed by atoms with Crippen molar-refractivity contribution in [3.05, 3.63) is 10.0 Å². The van der Waals surface area contributed by atoms with Gasteiger partial charge >= 0.3 is 0 Å². The quantitative estimate of drug-likeness (QED) is 0.733. The summed E-state index contributed by atoms with van der Waals surface area (Å²) in [4.78, 5) is 0. The van der Waals surface area contributed by atoms with Crippen LogP contribution in [0.1, 0.15) is 63.4 Å². The van der Waals surface area contributed by atoms with E-state index in [4.69, 9.17) is 0 Å². The van der Waals surface area contributed by atoms with Gasteiger partial charge in [-0.15, -0.1) is 21.5 Å². The molecule has 1 aromatic rings. The number of unbranched alkanes of at least 4 members (excludes halogenated alkanes) is 3. The van der Waals surface area contributed by atoms with Gasteiger partial charge in [-0.1, -0.05) is 26.2 Å². The van der Waals surface area contributed by atoms with Crippen molar-refractivity contribution in [3.63, 3.8) is 0 Å². The molecule has 0 unspecified atom stereocenters. The van der Waals surface area contributed by atoms with Gasteiger partial charge in [0.2, 0.25) is 0 Å². The smallest absolute Gasteiger partial charge is 0.118 e. The molecule has 0 aliphatic carbocycles. The van der Waals surface area contributed by atoms with Crippen molar-refractivity contribution in [1.82, 2.24) is 15.5 Å². The maximum Gasteiger partial charge on any atom is 0.118 e. The molecule has 1 heterocycles. The first-order valence-electron chi connectivity index (χ1n) is 7.07. The molecule has 0 aromatic carbocycles. The van der Waals surface area contributed by atoms with Crippen molar-refractivity contribution in [3.8, 4) is 0 Å². The highest BCUT2D eigenvalue weighted by Gasteiger charge is 2.09. The van der Waals surface area contributed by atoms with Crippen molar-refractivity contribution in [2.75, 3.05) is 6.54 Å². The van der Waals surface area contributed by atoms with Gasteiger partial charge in [0.05, 0.1) is 0 Å². The molecule has 0 radical (unpaired) electrons. The first-order chi connectivity index (χ1) is 8.51. The summed E-state index contributed by atoms with van der Waals surface area (Å²) in [6.07, 6.45) is 7.29. The molecular formula is C14H27N3S. The van der Waals surface area contributed by atoms with Gasteiger partial charge in [0, 0.05) is 24.9 Å². The van der Waals surface area contributed by atoms with Gasteiger partial charge in [-0.2, -0.15) is 0 Å². The SMILES string of the molecule is CCCCCCc1nnc(CCNC(C)(C)C)s1. The van der Waals surface area contributed by atoms with Crippen LogP contribution >= 0.6 is 11.3 Å². The van der Waals surface area contributed by atoms with E-state index >= 15 is 0 Å². The highest BCUT2D eigenvalue weighted by molar-refractivity contribution is 7.11. The third-order valence-corrected chi connectivity index (χ3v) is 3.79. The van der Waals surface area contributed by atoms with Gasteiger partial charge in [-0.25, -0.2) is 0 Å². The molecule has 0 saturated heterocycles. The van der Waals surface area contributed by atoms with Crippen LogP contribution in [0.15, 0.2) is 0 Å². The summed E-state index contributed by atoms with van der Waals surface area (Å²) >= 11 is 1.78. The van der Waals surface area contributed by atoms with Gasteiger partial charge < -0.3 is 5.32 Å². The molecule has 104 valence electrons. The van der Waals surface area contributed by atoms with Gasteiger partial charge in [0.25, 0.3) is 0 Å². The van der Waals surface area contributed by atoms with E-state index in [0.29, 0.717) is 0 Å². The standard InChI is InChI=1S/C14H27N3S/c1-5-6-7-8-9-12-16-17-13(18-12)10-11-15-14(2,3)4/h15H,5-11H2,1-4H3. The summed E-state index contributed by atoms with van der Waals surface area (Å²) in [5.41, 5.74) is 0.188. The van der Waals surface area contributed by atoms with Crippen LogP contribution in [0.2, 0.25) is 0 Å². The Labute approximate surface area is 115 Å². The zero-order valence-corrected chi connectivity index (χ0v) is 13.1. The lowest BCUT2D eigenvalue weighted by Gasteiger charge is -2.19. The third-order valence-electron chi connectivity index (χ3n) is 2.75. The Kier molecular flexibility index (Phi) is 6.79. The number of hydrogen-bond donors (Lipinski definition) is 1. The second-order valence-electron chi connectivity index (χ2n) is 5.83. The minimum absolute atomic E-state index is 0.188. The Bertz CT molecular complexity index is 328. The van der Waals surface area contributed by atoms with Crippen LogP contribution in [-0.2, 0) is 12.8 Å². The molecule has 1 aromatic heterocycles. The Hall–Kier alpha value is -0.480. The Morgan fingerprint density at radius 1 is 1.00 bits per heavy atom. The molecule has 1 N–H and O–H groups in total. The predicted molar refractivity (Wildman–Crippen MR) is 79.2 cm³/mol. The van der Waals surface area contributed by atoms with Crippen LogP contribution in [0.3, 0.4) is 0 Å². The first-order valence-corrected chi connectivity index (χ1v) is 7.89. The highest BCUT2D eigenvalue weighted by atomic mass is 32.1. The zero-order chi connectivity index (χ0) is 13.4. The van der Waals surface area contributed by atoms with Gasteiger partial charge in [-0.05, 0) is 27.2 Å². The lowest BCUT2D eigenvalue weighted by atomic mass is 10.1. The fourth-order valence-corrected chi connectivity index (χ4v) is 2.62. The van der Waals surface area contributed by atoms with Crippen LogP contribution in [0, 0.1) is 0 Å². The van der Waals surface area contributed by atoms with Gasteiger partial charge in [-0.3, -0.25) is 0 Å². The van der Waals surface area contributed by atoms with E-state index in [9.17, 15) is 0 Å². The van der Waals surface area contributed by atoms with Crippen LogP contribution in [-0.4, -0.2) is 22.3 Å². The average Bonchev–Trinajstić information content (AvgIpc) is 2.71. The Morgan fingerprint density at radius 2 is 1.67 bits per heavy atom. The second-order valence-corrected chi connectivity index (χ2v) is 6.97. The Morgan fingerprint density at radius 3 is 2.28 bits per heavy atom. The summed E-state index contributed by atoms with van der Waals surface area (Å²) in [6, 6.07) is 0. The number of aryl methyl sites for hydroxylation is 1. The normalized spacial score (nSPS) is 12.0. The molecule has 0 fully saturated rings. The fourth-order valence-electron chi connectivity index (χ4n) is 1.74. The zero-order valence-electron chi connectivity index (χ0n) is 12.3. The van der Waals surface area contributed by atoms with Crippen molar-refractivity contribution in [1.29, 1.82) is 0 Å². The van der Waals surface area contributed by atoms with Crippen molar-refractivity contribution in [2.24, 2.45) is 0 Å². The molecule has 0 amide bonds. The third kappa shape index (κ3) is 7.07. The van der Waals surface area contributed by atoms with Crippen LogP contribution in [0.5, 0.6) is 0 Å². The van der Waals surface area contributed by atoms with E-state index in [1.807, 2.05) is 0 Å². The van der Waals surface area contributed by atoms with Crippen LogP contribution in [0.25, 0.3) is 0 Å². The molecule has 0 bridgehead atoms. The molecule has 3 nitrogen and oxygen atoms in total. The molecule has 0 saturated carbocycles. The molecule has 1 rings (SSSR count). The molecule has 4 heteroatoms. The maximum atomic E-state index is 4.27. The van der Waals surface area contributed by atoms with Crippen molar-refractivity contribution < 1.29 is 0 Å². The van der Waals surface area contributed by atoms with E-state index in [2.05, 4.69) is 43.2 Å². The minimum Gasteiger partial charge on any atom is -0.312 e. The van der Waals surface area contributed by atoms with E-state index in [0.717, 1.165) is 24.4 Å². The van der Waals surface area contributed by atoms with Crippen molar-refractivity contribution >= 4 is 11.3 Å². The predicted octanol–water partition coefficient (Wildman–Crippen LogP) is 3.59. The number of nitrogens with zero attached hydrogens (tertiary/aromatic N) is 2. The summed E-state index contributed by atoms with van der Waals surface area (Å²) < 4.78 is 0. The second kappa shape index (κ2) is 7.85. The van der Waals surface area contributed by atoms with E-state index in [-0.39, 0.29) is 5.54 Å². The minimum atomic E-state index is 0.188. The number of nitrogens with one attached hydrogen (secondary N) is 1. The largest absolute Gasteiger partial charge is 0.312 e. The number of aromatic nitrogens is 2. The molecule has 0 aliphatic rings. The molecular weight excluding hydrogens is 242 g/mol. The topological polar surface area (TPSA) is 37.8 Å². The van der Waals surface area contributed by atoms with E-state index in [1.165, 1.54) is 30.7 Å². The fraction of sp³-hybridized carbons (Fsp3) is 0.857. The van der Waals surface area contributed by atoms with E-state index in [1.54, 1.807) is 11.3 Å². The summed E-state index contributed by atoms with van der Waals surface area (Å²) in [7, 11) is 0. The monoisotopic (exact) mass is 269 g/mol. The van der Waals surface area contributed by atoms with Crippen LogP contribution in [0.4, 0.5) is 0 Å². The molecule has 0 atom stereocenters. The van der Waals surface area contributed by atoms with E-state index < -0.39 is 0 Å². The lowest BCUT2D eigenvalue weighted by Crippen LogP contribution is -2.37. The molecule has 18 heavy (non-hydrogen) atoms.